The molecule has 0 atom stereocenters. The predicted octanol–water partition coefficient (Wildman–Crippen LogP) is 2.93. The van der Waals surface area contributed by atoms with Crippen LogP contribution in [0.3, 0.4) is 0 Å². The fourth-order valence-corrected chi connectivity index (χ4v) is 2.54. The van der Waals surface area contributed by atoms with Crippen molar-refractivity contribution in [3.63, 3.8) is 0 Å². The second kappa shape index (κ2) is 7.62. The zero-order valence-electron chi connectivity index (χ0n) is 12.1. The summed E-state index contributed by atoms with van der Waals surface area (Å²) in [6, 6.07) is 6.83. The normalized spacial score (nSPS) is 14.4. The molecule has 0 saturated heterocycles. The number of amides is 1. The molecule has 1 aromatic rings. The van der Waals surface area contributed by atoms with Crippen LogP contribution in [0.5, 0.6) is 0 Å². The molecule has 1 amide bonds. The lowest BCUT2D eigenvalue weighted by atomic mass is 9.97. The van der Waals surface area contributed by atoms with Crippen LogP contribution in [0.25, 0.3) is 0 Å². The number of rotatable bonds is 6. The highest BCUT2D eigenvalue weighted by Crippen LogP contribution is 2.19. The number of benzene rings is 1. The van der Waals surface area contributed by atoms with Crippen LogP contribution >= 0.6 is 0 Å². The van der Waals surface area contributed by atoms with Crippen molar-refractivity contribution in [1.29, 1.82) is 0 Å². The van der Waals surface area contributed by atoms with Crippen molar-refractivity contribution in [1.82, 2.24) is 5.32 Å². The average Bonchev–Trinajstić information content (AvgIpc) is 2.48. The number of nitrogens with one attached hydrogen (secondary N) is 1. The Hall–Kier alpha value is -2.10. The summed E-state index contributed by atoms with van der Waals surface area (Å²) in [6.45, 7) is 0.537. The lowest BCUT2D eigenvalue weighted by Gasteiger charge is -2.12. The van der Waals surface area contributed by atoms with Crippen molar-refractivity contribution in [2.24, 2.45) is 0 Å². The Balaban J connectivity index is 1.76. The molecule has 0 radical (unpaired) electrons. The largest absolute Gasteiger partial charge is 0.478 e. The molecule has 1 aromatic carbocycles. The molecule has 1 aliphatic rings. The van der Waals surface area contributed by atoms with Crippen LogP contribution in [0.15, 0.2) is 35.9 Å². The number of allylic oxidation sites excluding steroid dienone is 1. The van der Waals surface area contributed by atoms with E-state index in [9.17, 15) is 9.59 Å². The molecular formula is C17H21NO3. The Morgan fingerprint density at radius 2 is 2.10 bits per heavy atom. The first kappa shape index (κ1) is 15.3. The number of carbonyl (C=O) groups is 2. The average molecular weight is 287 g/mol. The van der Waals surface area contributed by atoms with E-state index in [2.05, 4.69) is 11.4 Å². The van der Waals surface area contributed by atoms with Crippen LogP contribution in [0.4, 0.5) is 0 Å². The first-order chi connectivity index (χ1) is 10.1. The number of carbonyl (C=O) groups excluding carboxylic acids is 1. The topological polar surface area (TPSA) is 66.4 Å². The molecule has 0 bridgehead atoms. The van der Waals surface area contributed by atoms with Gasteiger partial charge in [-0.3, -0.25) is 4.79 Å². The number of carboxylic acids is 1. The molecule has 0 heterocycles. The minimum atomic E-state index is -0.926. The van der Waals surface area contributed by atoms with Gasteiger partial charge in [-0.15, -0.1) is 0 Å². The summed E-state index contributed by atoms with van der Waals surface area (Å²) in [4.78, 5) is 22.7. The summed E-state index contributed by atoms with van der Waals surface area (Å²) in [5.74, 6) is -0.873. The minimum Gasteiger partial charge on any atom is -0.478 e. The summed E-state index contributed by atoms with van der Waals surface area (Å²) < 4.78 is 0. The van der Waals surface area contributed by atoms with E-state index in [1.54, 1.807) is 18.2 Å². The van der Waals surface area contributed by atoms with Crippen LogP contribution < -0.4 is 5.32 Å². The number of hydrogen-bond acceptors (Lipinski definition) is 2. The molecule has 0 aliphatic heterocycles. The summed E-state index contributed by atoms with van der Waals surface area (Å²) in [6.07, 6.45) is 7.85. The molecule has 2 N–H and O–H groups in total. The maximum absolute atomic E-state index is 11.8. The summed E-state index contributed by atoms with van der Waals surface area (Å²) in [7, 11) is 0. The molecule has 4 heteroatoms. The zero-order valence-corrected chi connectivity index (χ0v) is 12.1. The molecule has 0 spiro atoms. The van der Waals surface area contributed by atoms with Gasteiger partial charge in [-0.1, -0.05) is 23.8 Å². The van der Waals surface area contributed by atoms with Crippen LogP contribution in [0, 0.1) is 0 Å². The molecule has 0 unspecified atom stereocenters. The third kappa shape index (κ3) is 5.06. The quantitative estimate of drug-likeness (QED) is 0.791. The van der Waals surface area contributed by atoms with E-state index in [4.69, 9.17) is 5.11 Å². The fraction of sp³-hybridized carbons (Fsp3) is 0.412. The third-order valence-electron chi connectivity index (χ3n) is 3.68. The third-order valence-corrected chi connectivity index (χ3v) is 3.68. The maximum atomic E-state index is 11.8. The van der Waals surface area contributed by atoms with Gasteiger partial charge in [0, 0.05) is 13.0 Å². The van der Waals surface area contributed by atoms with E-state index >= 15 is 0 Å². The van der Waals surface area contributed by atoms with Gasteiger partial charge in [-0.25, -0.2) is 4.79 Å². The van der Waals surface area contributed by atoms with Crippen molar-refractivity contribution in [2.45, 2.75) is 38.5 Å². The summed E-state index contributed by atoms with van der Waals surface area (Å²) in [5, 5.41) is 11.8. The van der Waals surface area contributed by atoms with Gasteiger partial charge in [0.15, 0.2) is 0 Å². The highest BCUT2D eigenvalue weighted by Gasteiger charge is 2.09. The molecule has 0 saturated carbocycles. The van der Waals surface area contributed by atoms with Crippen LogP contribution in [-0.2, 0) is 11.2 Å². The number of carboxylic acid groups (broad SMARTS) is 1. The number of hydrogen-bond donors (Lipinski definition) is 2. The van der Waals surface area contributed by atoms with Gasteiger partial charge in [0.25, 0.3) is 0 Å². The first-order valence-electron chi connectivity index (χ1n) is 7.42. The van der Waals surface area contributed by atoms with E-state index in [0.717, 1.165) is 18.4 Å². The van der Waals surface area contributed by atoms with Gasteiger partial charge in [-0.05, 0) is 49.8 Å². The van der Waals surface area contributed by atoms with E-state index in [1.807, 2.05) is 6.07 Å². The van der Waals surface area contributed by atoms with Gasteiger partial charge in [0.2, 0.25) is 5.91 Å². The van der Waals surface area contributed by atoms with Gasteiger partial charge in [0.1, 0.15) is 0 Å². The second-order valence-corrected chi connectivity index (χ2v) is 5.39. The molecule has 2 rings (SSSR count). The van der Waals surface area contributed by atoms with Crippen molar-refractivity contribution < 1.29 is 14.7 Å². The van der Waals surface area contributed by atoms with Crippen LogP contribution in [0.2, 0.25) is 0 Å². The molecule has 0 fully saturated rings. The van der Waals surface area contributed by atoms with E-state index in [1.165, 1.54) is 18.4 Å². The number of aromatic carboxylic acids is 1. The molecule has 0 aromatic heterocycles. The van der Waals surface area contributed by atoms with Gasteiger partial charge in [-0.2, -0.15) is 0 Å². The molecular weight excluding hydrogens is 266 g/mol. The summed E-state index contributed by atoms with van der Waals surface area (Å²) in [5.41, 5.74) is 2.45. The highest BCUT2D eigenvalue weighted by molar-refractivity contribution is 5.87. The van der Waals surface area contributed by atoms with Crippen molar-refractivity contribution in [2.75, 3.05) is 6.54 Å². The first-order valence-corrected chi connectivity index (χ1v) is 7.42. The van der Waals surface area contributed by atoms with Gasteiger partial charge >= 0.3 is 5.97 Å². The highest BCUT2D eigenvalue weighted by atomic mass is 16.4. The molecule has 21 heavy (non-hydrogen) atoms. The van der Waals surface area contributed by atoms with E-state index < -0.39 is 5.97 Å². The van der Waals surface area contributed by atoms with Crippen LogP contribution in [0.1, 0.15) is 48.0 Å². The van der Waals surface area contributed by atoms with Crippen molar-refractivity contribution in [3.8, 4) is 0 Å². The fourth-order valence-electron chi connectivity index (χ4n) is 2.54. The molecule has 4 nitrogen and oxygen atoms in total. The van der Waals surface area contributed by atoms with Gasteiger partial charge < -0.3 is 10.4 Å². The predicted molar refractivity (Wildman–Crippen MR) is 81.3 cm³/mol. The monoisotopic (exact) mass is 287 g/mol. The molecule has 1 aliphatic carbocycles. The van der Waals surface area contributed by atoms with Crippen LogP contribution in [-0.4, -0.2) is 23.5 Å². The zero-order chi connectivity index (χ0) is 15.1. The second-order valence-electron chi connectivity index (χ2n) is 5.39. The van der Waals surface area contributed by atoms with E-state index in [-0.39, 0.29) is 11.5 Å². The lowest BCUT2D eigenvalue weighted by Crippen LogP contribution is -2.26. The summed E-state index contributed by atoms with van der Waals surface area (Å²) >= 11 is 0. The van der Waals surface area contributed by atoms with Crippen molar-refractivity contribution in [3.05, 3.63) is 47.0 Å². The Bertz CT molecular complexity index is 549. The maximum Gasteiger partial charge on any atom is 0.335 e. The molecule has 112 valence electrons. The Morgan fingerprint density at radius 3 is 2.81 bits per heavy atom. The standard InChI is InChI=1S/C17H21NO3/c19-16(12-13-5-2-1-3-6-13)18-10-9-14-7-4-8-15(11-14)17(20)21/h4-5,7-8,11H,1-3,6,9-10,12H2,(H,18,19)(H,20,21). The van der Waals surface area contributed by atoms with E-state index in [0.29, 0.717) is 19.4 Å². The van der Waals surface area contributed by atoms with Crippen molar-refractivity contribution >= 4 is 11.9 Å². The lowest BCUT2D eigenvalue weighted by molar-refractivity contribution is -0.120. The van der Waals surface area contributed by atoms with Gasteiger partial charge in [0.05, 0.1) is 5.56 Å². The minimum absolute atomic E-state index is 0.0533. The Kier molecular flexibility index (Phi) is 5.55. The Labute approximate surface area is 124 Å². The smallest absolute Gasteiger partial charge is 0.335 e. The Morgan fingerprint density at radius 1 is 1.24 bits per heavy atom. The SMILES string of the molecule is O=C(CC1=CCCCC1)NCCc1cccc(C(=O)O)c1.